The minimum absolute atomic E-state index is 0.0853. The summed E-state index contributed by atoms with van der Waals surface area (Å²) < 4.78 is 10.8. The zero-order valence-corrected chi connectivity index (χ0v) is 18.1. The molecule has 32 heavy (non-hydrogen) atoms. The number of fused-ring (bicyclic) bond motifs is 1. The maximum Gasteiger partial charge on any atom is 0.255 e. The van der Waals surface area contributed by atoms with Crippen molar-refractivity contribution in [2.75, 3.05) is 14.2 Å². The van der Waals surface area contributed by atoms with Gasteiger partial charge in [-0.05, 0) is 41.5 Å². The van der Waals surface area contributed by atoms with Gasteiger partial charge < -0.3 is 19.7 Å². The quantitative estimate of drug-likeness (QED) is 0.590. The third-order valence-electron chi connectivity index (χ3n) is 5.59. The first-order valence-electron chi connectivity index (χ1n) is 10.4. The van der Waals surface area contributed by atoms with Crippen molar-refractivity contribution in [2.24, 2.45) is 0 Å². The summed E-state index contributed by atoms with van der Waals surface area (Å²) in [6, 6.07) is 18.1. The lowest BCUT2D eigenvalue weighted by molar-refractivity contribution is -0.122. The largest absolute Gasteiger partial charge is 0.493 e. The molecule has 0 radical (unpaired) electrons. The topological polar surface area (TPSA) is 80.8 Å². The fourth-order valence-electron chi connectivity index (χ4n) is 3.94. The molecular formula is C25H25N3O4. The Labute approximate surface area is 187 Å². The lowest BCUT2D eigenvalue weighted by Gasteiger charge is -2.28. The van der Waals surface area contributed by atoms with Gasteiger partial charge in [-0.15, -0.1) is 0 Å². The normalized spacial score (nSPS) is 13.4. The van der Waals surface area contributed by atoms with Crippen molar-refractivity contribution in [1.82, 2.24) is 15.2 Å². The Bertz CT molecular complexity index is 1120. The number of ether oxygens (including phenoxy) is 2. The predicted octanol–water partition coefficient (Wildman–Crippen LogP) is 3.50. The highest BCUT2D eigenvalue weighted by molar-refractivity contribution is 5.98. The van der Waals surface area contributed by atoms with Crippen molar-refractivity contribution < 1.29 is 19.1 Å². The van der Waals surface area contributed by atoms with Gasteiger partial charge >= 0.3 is 0 Å². The third-order valence-corrected chi connectivity index (χ3v) is 5.59. The Balaban J connectivity index is 1.60. The van der Waals surface area contributed by atoms with E-state index in [1.807, 2.05) is 54.6 Å². The summed E-state index contributed by atoms with van der Waals surface area (Å²) in [5.41, 5.74) is 3.20. The number of hydrogen-bond acceptors (Lipinski definition) is 5. The van der Waals surface area contributed by atoms with Crippen LogP contribution in [-0.4, -0.2) is 35.9 Å². The van der Waals surface area contributed by atoms with Crippen molar-refractivity contribution >= 4 is 11.8 Å². The van der Waals surface area contributed by atoms with Crippen LogP contribution in [0, 0.1) is 0 Å². The molecule has 2 amide bonds. The van der Waals surface area contributed by atoms with Crippen LogP contribution in [-0.2, 0) is 17.9 Å². The summed E-state index contributed by atoms with van der Waals surface area (Å²) in [4.78, 5) is 32.0. The monoisotopic (exact) mass is 431 g/mol. The number of hydrogen-bond donors (Lipinski definition) is 1. The number of amides is 2. The Kier molecular flexibility index (Phi) is 6.35. The molecule has 0 unspecified atom stereocenters. The van der Waals surface area contributed by atoms with Crippen LogP contribution in [0.1, 0.15) is 39.6 Å². The van der Waals surface area contributed by atoms with E-state index in [2.05, 4.69) is 10.3 Å². The number of nitrogens with zero attached hydrogens (tertiary/aromatic N) is 2. The second-order valence-corrected chi connectivity index (χ2v) is 7.52. The molecule has 0 bridgehead atoms. The lowest BCUT2D eigenvalue weighted by atomic mass is 10.0. The van der Waals surface area contributed by atoms with Crippen molar-refractivity contribution in [3.8, 4) is 11.5 Å². The molecule has 1 aliphatic rings. The predicted molar refractivity (Wildman–Crippen MR) is 119 cm³/mol. The zero-order valence-electron chi connectivity index (χ0n) is 18.1. The molecular weight excluding hydrogens is 406 g/mol. The number of methoxy groups -OCH3 is 2. The van der Waals surface area contributed by atoms with Crippen LogP contribution >= 0.6 is 0 Å². The van der Waals surface area contributed by atoms with Crippen LogP contribution < -0.4 is 14.8 Å². The average Bonchev–Trinajstić information content (AvgIpc) is 3.17. The van der Waals surface area contributed by atoms with Crippen molar-refractivity contribution in [2.45, 2.75) is 25.6 Å². The number of benzene rings is 2. The second-order valence-electron chi connectivity index (χ2n) is 7.52. The first-order chi connectivity index (χ1) is 15.6. The molecule has 2 heterocycles. The summed E-state index contributed by atoms with van der Waals surface area (Å²) in [6.07, 6.45) is 1.80. The van der Waals surface area contributed by atoms with Gasteiger partial charge in [0.25, 0.3) is 5.91 Å². The highest BCUT2D eigenvalue weighted by Crippen LogP contribution is 2.37. The fraction of sp³-hybridized carbons (Fsp3) is 0.240. The Morgan fingerprint density at radius 2 is 1.84 bits per heavy atom. The molecule has 2 aromatic carbocycles. The van der Waals surface area contributed by atoms with Gasteiger partial charge in [0.2, 0.25) is 5.91 Å². The van der Waals surface area contributed by atoms with Crippen molar-refractivity contribution in [1.29, 1.82) is 0 Å². The molecule has 0 spiro atoms. The first-order valence-corrected chi connectivity index (χ1v) is 10.4. The number of pyridine rings is 1. The molecule has 0 fully saturated rings. The zero-order chi connectivity index (χ0) is 22.5. The van der Waals surface area contributed by atoms with Crippen LogP contribution in [0.15, 0.2) is 66.9 Å². The van der Waals surface area contributed by atoms with E-state index in [1.54, 1.807) is 31.4 Å². The van der Waals surface area contributed by atoms with Gasteiger partial charge in [0.1, 0.15) is 0 Å². The lowest BCUT2D eigenvalue weighted by Crippen LogP contribution is -2.34. The fourth-order valence-corrected chi connectivity index (χ4v) is 3.94. The van der Waals surface area contributed by atoms with E-state index in [9.17, 15) is 9.59 Å². The van der Waals surface area contributed by atoms with E-state index in [0.717, 1.165) is 16.8 Å². The minimum Gasteiger partial charge on any atom is -0.493 e. The minimum atomic E-state index is -0.460. The van der Waals surface area contributed by atoms with E-state index in [-0.39, 0.29) is 18.2 Å². The maximum absolute atomic E-state index is 13.2. The van der Waals surface area contributed by atoms with Crippen LogP contribution in [0.3, 0.4) is 0 Å². The Morgan fingerprint density at radius 1 is 1.06 bits per heavy atom. The number of rotatable bonds is 8. The molecule has 1 aliphatic heterocycles. The average molecular weight is 431 g/mol. The first kappa shape index (κ1) is 21.4. The number of carbonyl (C=O) groups is 2. The number of aromatic nitrogens is 1. The molecule has 0 aliphatic carbocycles. The second kappa shape index (κ2) is 9.51. The highest BCUT2D eigenvalue weighted by Gasteiger charge is 2.34. The Hall–Kier alpha value is -3.87. The SMILES string of the molecule is COc1ccc([C@@H](CC(=O)NCc2ccccn2)N2Cc3ccccc3C2=O)cc1OC. The summed E-state index contributed by atoms with van der Waals surface area (Å²) in [5.74, 6) is 0.885. The number of nitrogens with one attached hydrogen (secondary N) is 1. The molecule has 1 N–H and O–H groups in total. The van der Waals surface area contributed by atoms with E-state index < -0.39 is 6.04 Å². The molecule has 0 saturated carbocycles. The summed E-state index contributed by atoms with van der Waals surface area (Å²) in [6.45, 7) is 0.772. The van der Waals surface area contributed by atoms with Gasteiger partial charge in [0.05, 0.1) is 38.9 Å². The van der Waals surface area contributed by atoms with E-state index >= 15 is 0 Å². The number of carbonyl (C=O) groups excluding carboxylic acids is 2. The van der Waals surface area contributed by atoms with Gasteiger partial charge in [-0.2, -0.15) is 0 Å². The van der Waals surface area contributed by atoms with Crippen LogP contribution in [0.25, 0.3) is 0 Å². The van der Waals surface area contributed by atoms with E-state index in [0.29, 0.717) is 30.2 Å². The van der Waals surface area contributed by atoms with Gasteiger partial charge in [0, 0.05) is 18.3 Å². The third kappa shape index (κ3) is 4.42. The summed E-state index contributed by atoms with van der Waals surface area (Å²) >= 11 is 0. The Morgan fingerprint density at radius 3 is 2.56 bits per heavy atom. The van der Waals surface area contributed by atoms with Crippen LogP contribution in [0.2, 0.25) is 0 Å². The van der Waals surface area contributed by atoms with Gasteiger partial charge in [-0.25, -0.2) is 0 Å². The molecule has 4 rings (SSSR count). The summed E-state index contributed by atoms with van der Waals surface area (Å²) in [7, 11) is 3.13. The molecule has 7 nitrogen and oxygen atoms in total. The van der Waals surface area contributed by atoms with Crippen LogP contribution in [0.5, 0.6) is 11.5 Å². The van der Waals surface area contributed by atoms with Crippen molar-refractivity contribution in [3.05, 3.63) is 89.2 Å². The molecule has 3 aromatic rings. The van der Waals surface area contributed by atoms with Crippen LogP contribution in [0.4, 0.5) is 0 Å². The van der Waals surface area contributed by atoms with E-state index in [4.69, 9.17) is 9.47 Å². The highest BCUT2D eigenvalue weighted by atomic mass is 16.5. The molecule has 1 aromatic heterocycles. The molecule has 1 atom stereocenters. The van der Waals surface area contributed by atoms with Gasteiger partial charge in [0.15, 0.2) is 11.5 Å². The van der Waals surface area contributed by atoms with E-state index in [1.165, 1.54) is 0 Å². The standard InChI is InChI=1S/C25H25N3O4/c1-31-22-11-10-17(13-23(22)32-2)21(14-24(29)27-15-19-8-5-6-12-26-19)28-16-18-7-3-4-9-20(18)25(28)30/h3-13,21H,14-16H2,1-2H3,(H,27,29)/t21-/m1/s1. The molecule has 7 heteroatoms. The van der Waals surface area contributed by atoms with Gasteiger partial charge in [-0.3, -0.25) is 14.6 Å². The smallest absolute Gasteiger partial charge is 0.255 e. The molecule has 0 saturated heterocycles. The maximum atomic E-state index is 13.2. The summed E-state index contributed by atoms with van der Waals surface area (Å²) in [5, 5.41) is 2.91. The molecule has 164 valence electrons. The van der Waals surface area contributed by atoms with Crippen molar-refractivity contribution in [3.63, 3.8) is 0 Å². The van der Waals surface area contributed by atoms with Gasteiger partial charge in [-0.1, -0.05) is 30.3 Å².